The Kier molecular flexibility index (Phi) is 5.44. The van der Waals surface area contributed by atoms with Gasteiger partial charge in [-0.25, -0.2) is 4.98 Å². The van der Waals surface area contributed by atoms with Crippen LogP contribution in [0.5, 0.6) is 0 Å². The van der Waals surface area contributed by atoms with E-state index in [1.807, 2.05) is 32.0 Å². The molecule has 2 aromatic carbocycles. The summed E-state index contributed by atoms with van der Waals surface area (Å²) in [6, 6.07) is 19.6. The van der Waals surface area contributed by atoms with Gasteiger partial charge in [-0.1, -0.05) is 18.2 Å². The number of benzene rings is 2. The molecule has 0 saturated heterocycles. The molecule has 32 heavy (non-hydrogen) atoms. The number of anilines is 2. The number of H-pyrrole nitrogens is 1. The SMILES string of the molecule is CC(C)(C#N)c1cccc(NC(=O)c2cccc(C(=O)Nc3cnc4[nH]ccc4c3)c2)c1. The minimum absolute atomic E-state index is 0.339. The smallest absolute Gasteiger partial charge is 0.255 e. The third-order valence-corrected chi connectivity index (χ3v) is 5.17. The number of nitrogens with one attached hydrogen (secondary N) is 3. The minimum Gasteiger partial charge on any atom is -0.346 e. The van der Waals surface area contributed by atoms with E-state index < -0.39 is 5.41 Å². The third kappa shape index (κ3) is 4.35. The third-order valence-electron chi connectivity index (χ3n) is 5.17. The number of nitrogens with zero attached hydrogens (tertiary/aromatic N) is 2. The van der Waals surface area contributed by atoms with Crippen molar-refractivity contribution in [2.24, 2.45) is 0 Å². The van der Waals surface area contributed by atoms with Gasteiger partial charge in [0.2, 0.25) is 0 Å². The molecule has 0 aliphatic heterocycles. The van der Waals surface area contributed by atoms with Crippen LogP contribution in [-0.4, -0.2) is 21.8 Å². The van der Waals surface area contributed by atoms with E-state index in [0.29, 0.717) is 22.5 Å². The van der Waals surface area contributed by atoms with E-state index >= 15 is 0 Å². The van der Waals surface area contributed by atoms with Crippen LogP contribution in [0.1, 0.15) is 40.1 Å². The summed E-state index contributed by atoms with van der Waals surface area (Å²) in [6.45, 7) is 3.64. The molecule has 0 aliphatic carbocycles. The first-order chi connectivity index (χ1) is 15.4. The summed E-state index contributed by atoms with van der Waals surface area (Å²) in [5.74, 6) is -0.684. The molecule has 158 valence electrons. The van der Waals surface area contributed by atoms with Crippen LogP contribution in [0.25, 0.3) is 11.0 Å². The average Bonchev–Trinajstić information content (AvgIpc) is 3.27. The van der Waals surface area contributed by atoms with Crippen molar-refractivity contribution in [3.8, 4) is 6.07 Å². The highest BCUT2D eigenvalue weighted by Crippen LogP contribution is 2.25. The molecule has 0 unspecified atom stereocenters. The Labute approximate surface area is 185 Å². The van der Waals surface area contributed by atoms with Gasteiger partial charge in [-0.2, -0.15) is 5.26 Å². The van der Waals surface area contributed by atoms with Crippen LogP contribution in [0.4, 0.5) is 11.4 Å². The molecule has 7 nitrogen and oxygen atoms in total. The van der Waals surface area contributed by atoms with Crippen molar-refractivity contribution in [2.75, 3.05) is 10.6 Å². The number of fused-ring (bicyclic) bond motifs is 1. The summed E-state index contributed by atoms with van der Waals surface area (Å²) in [5.41, 5.74) is 2.72. The Hall–Kier alpha value is -4.44. The van der Waals surface area contributed by atoms with Crippen LogP contribution in [0.2, 0.25) is 0 Å². The largest absolute Gasteiger partial charge is 0.346 e. The molecule has 0 atom stereocenters. The van der Waals surface area contributed by atoms with Crippen molar-refractivity contribution in [1.82, 2.24) is 9.97 Å². The molecule has 0 fully saturated rings. The van der Waals surface area contributed by atoms with E-state index in [-0.39, 0.29) is 11.8 Å². The maximum Gasteiger partial charge on any atom is 0.255 e. The molecule has 4 rings (SSSR count). The van der Waals surface area contributed by atoms with Gasteiger partial charge in [0.15, 0.2) is 0 Å². The van der Waals surface area contributed by atoms with E-state index in [0.717, 1.165) is 16.6 Å². The number of rotatable bonds is 5. The number of nitriles is 1. The predicted molar refractivity (Wildman–Crippen MR) is 124 cm³/mol. The zero-order chi connectivity index (χ0) is 22.7. The number of aromatic amines is 1. The van der Waals surface area contributed by atoms with E-state index in [1.165, 1.54) is 6.07 Å². The normalized spacial score (nSPS) is 11.0. The van der Waals surface area contributed by atoms with Gasteiger partial charge in [-0.3, -0.25) is 9.59 Å². The standard InChI is InChI=1S/C25H21N5O2/c1-25(2,15-26)19-7-4-8-20(13-19)29-23(31)17-5-3-6-18(11-17)24(32)30-21-12-16-9-10-27-22(16)28-14-21/h3-14H,1-2H3,(H,27,28)(H,29,31)(H,30,32). The summed E-state index contributed by atoms with van der Waals surface area (Å²) in [7, 11) is 0. The minimum atomic E-state index is -0.670. The number of carbonyl (C=O) groups excluding carboxylic acids is 2. The Balaban J connectivity index is 1.50. The highest BCUT2D eigenvalue weighted by molar-refractivity contribution is 6.09. The van der Waals surface area contributed by atoms with Crippen molar-refractivity contribution in [3.05, 3.63) is 89.7 Å². The summed E-state index contributed by atoms with van der Waals surface area (Å²) in [6.07, 6.45) is 3.35. The van der Waals surface area contributed by atoms with Crippen LogP contribution in [0.15, 0.2) is 73.1 Å². The molecule has 0 radical (unpaired) electrons. The van der Waals surface area contributed by atoms with Crippen molar-refractivity contribution in [1.29, 1.82) is 5.26 Å². The highest BCUT2D eigenvalue weighted by atomic mass is 16.2. The fourth-order valence-corrected chi connectivity index (χ4v) is 3.27. The van der Waals surface area contributed by atoms with Crippen LogP contribution in [-0.2, 0) is 5.41 Å². The van der Waals surface area contributed by atoms with Crippen molar-refractivity contribution in [2.45, 2.75) is 19.3 Å². The molecule has 0 aliphatic rings. The molecule has 4 aromatic rings. The van der Waals surface area contributed by atoms with E-state index in [4.69, 9.17) is 0 Å². The van der Waals surface area contributed by atoms with Gasteiger partial charge in [-0.15, -0.1) is 0 Å². The lowest BCUT2D eigenvalue weighted by Gasteiger charge is -2.17. The van der Waals surface area contributed by atoms with Crippen LogP contribution >= 0.6 is 0 Å². The van der Waals surface area contributed by atoms with E-state index in [1.54, 1.807) is 48.8 Å². The van der Waals surface area contributed by atoms with E-state index in [2.05, 4.69) is 26.7 Å². The molecular weight excluding hydrogens is 402 g/mol. The second kappa shape index (κ2) is 8.36. The van der Waals surface area contributed by atoms with Gasteiger partial charge < -0.3 is 15.6 Å². The lowest BCUT2D eigenvalue weighted by Crippen LogP contribution is -2.17. The lowest BCUT2D eigenvalue weighted by atomic mass is 9.86. The van der Waals surface area contributed by atoms with Gasteiger partial charge >= 0.3 is 0 Å². The Morgan fingerprint density at radius 2 is 1.62 bits per heavy atom. The molecule has 7 heteroatoms. The highest BCUT2D eigenvalue weighted by Gasteiger charge is 2.20. The monoisotopic (exact) mass is 423 g/mol. The first kappa shape index (κ1) is 20.8. The van der Waals surface area contributed by atoms with Gasteiger partial charge in [-0.05, 0) is 61.9 Å². The van der Waals surface area contributed by atoms with Crippen LogP contribution in [0, 0.1) is 11.3 Å². The number of aromatic nitrogens is 2. The Bertz CT molecular complexity index is 1360. The summed E-state index contributed by atoms with van der Waals surface area (Å²) < 4.78 is 0. The average molecular weight is 423 g/mol. The predicted octanol–water partition coefficient (Wildman–Crippen LogP) is 4.87. The molecule has 2 amide bonds. The molecule has 0 spiro atoms. The van der Waals surface area contributed by atoms with Gasteiger partial charge in [0, 0.05) is 28.4 Å². The van der Waals surface area contributed by atoms with Crippen molar-refractivity contribution in [3.63, 3.8) is 0 Å². The number of amides is 2. The first-order valence-corrected chi connectivity index (χ1v) is 10.0. The van der Waals surface area contributed by atoms with Gasteiger partial charge in [0.25, 0.3) is 11.8 Å². The van der Waals surface area contributed by atoms with Gasteiger partial charge in [0.05, 0.1) is 23.4 Å². The van der Waals surface area contributed by atoms with Crippen LogP contribution < -0.4 is 10.6 Å². The fraction of sp³-hybridized carbons (Fsp3) is 0.120. The second-order valence-corrected chi connectivity index (χ2v) is 7.95. The summed E-state index contributed by atoms with van der Waals surface area (Å²) >= 11 is 0. The maximum atomic E-state index is 12.8. The topological polar surface area (TPSA) is 111 Å². The van der Waals surface area contributed by atoms with Crippen molar-refractivity contribution >= 4 is 34.2 Å². The number of carbonyl (C=O) groups is 2. The quantitative estimate of drug-likeness (QED) is 0.425. The Morgan fingerprint density at radius 3 is 2.34 bits per heavy atom. The lowest BCUT2D eigenvalue weighted by molar-refractivity contribution is 0.102. The summed E-state index contributed by atoms with van der Waals surface area (Å²) in [4.78, 5) is 32.7. The van der Waals surface area contributed by atoms with Gasteiger partial charge in [0.1, 0.15) is 5.65 Å². The molecular formula is C25H21N5O2. The Morgan fingerprint density at radius 1 is 0.938 bits per heavy atom. The molecule has 0 bridgehead atoms. The molecule has 2 aromatic heterocycles. The fourth-order valence-electron chi connectivity index (χ4n) is 3.27. The van der Waals surface area contributed by atoms with E-state index in [9.17, 15) is 14.9 Å². The second-order valence-electron chi connectivity index (χ2n) is 7.95. The zero-order valence-corrected chi connectivity index (χ0v) is 17.6. The zero-order valence-electron chi connectivity index (χ0n) is 17.6. The molecule has 3 N–H and O–H groups in total. The number of pyridine rings is 1. The first-order valence-electron chi connectivity index (χ1n) is 10.0. The van der Waals surface area contributed by atoms with Crippen LogP contribution in [0.3, 0.4) is 0 Å². The molecule has 2 heterocycles. The molecule has 0 saturated carbocycles. The van der Waals surface area contributed by atoms with Crippen molar-refractivity contribution < 1.29 is 9.59 Å². The maximum absolute atomic E-state index is 12.8. The number of hydrogen-bond donors (Lipinski definition) is 3. The summed E-state index contributed by atoms with van der Waals surface area (Å²) in [5, 5.41) is 15.9. The number of hydrogen-bond acceptors (Lipinski definition) is 4.